The third kappa shape index (κ3) is 1.98. The lowest BCUT2D eigenvalue weighted by molar-refractivity contribution is 0.0861. The van der Waals surface area contributed by atoms with E-state index in [4.69, 9.17) is 4.74 Å². The zero-order valence-electron chi connectivity index (χ0n) is 10.5. The molecule has 17 heavy (non-hydrogen) atoms. The predicted molar refractivity (Wildman–Crippen MR) is 63.6 cm³/mol. The van der Waals surface area contributed by atoms with Gasteiger partial charge in [-0.1, -0.05) is 0 Å². The van der Waals surface area contributed by atoms with Crippen LogP contribution in [0.3, 0.4) is 0 Å². The highest BCUT2D eigenvalue weighted by atomic mass is 16.5. The number of nitrogens with zero attached hydrogens (tertiary/aromatic N) is 3. The largest absolute Gasteiger partial charge is 0.375 e. The molecule has 3 heterocycles. The Morgan fingerprint density at radius 1 is 1.59 bits per heavy atom. The standard InChI is InChI=1S/C12H20N4O/c1-13-10(6-12-14-7-15-16(12)2)9-5-8-3-4-11(9)17-8/h7-11,13H,3-6H2,1-2H3. The molecule has 0 aliphatic carbocycles. The van der Waals surface area contributed by atoms with Crippen molar-refractivity contribution in [2.75, 3.05) is 7.05 Å². The molecule has 0 amide bonds. The maximum absolute atomic E-state index is 5.93. The molecule has 1 aromatic rings. The van der Waals surface area contributed by atoms with E-state index in [9.17, 15) is 0 Å². The van der Waals surface area contributed by atoms with E-state index in [1.165, 1.54) is 19.3 Å². The predicted octanol–water partition coefficient (Wildman–Crippen LogP) is 0.513. The van der Waals surface area contributed by atoms with Crippen molar-refractivity contribution in [3.8, 4) is 0 Å². The molecule has 94 valence electrons. The van der Waals surface area contributed by atoms with Crippen molar-refractivity contribution in [2.24, 2.45) is 13.0 Å². The first-order chi connectivity index (χ1) is 8.28. The van der Waals surface area contributed by atoms with Gasteiger partial charge in [-0.15, -0.1) is 0 Å². The van der Waals surface area contributed by atoms with Crippen LogP contribution in [0.2, 0.25) is 0 Å². The zero-order valence-corrected chi connectivity index (χ0v) is 10.5. The summed E-state index contributed by atoms with van der Waals surface area (Å²) >= 11 is 0. The number of fused-ring (bicyclic) bond motifs is 2. The summed E-state index contributed by atoms with van der Waals surface area (Å²) < 4.78 is 7.79. The molecule has 2 aliphatic heterocycles. The summed E-state index contributed by atoms with van der Waals surface area (Å²) in [5, 5.41) is 7.56. The maximum Gasteiger partial charge on any atom is 0.138 e. The molecule has 2 aliphatic rings. The minimum Gasteiger partial charge on any atom is -0.375 e. The molecular formula is C12H20N4O. The van der Waals surface area contributed by atoms with E-state index >= 15 is 0 Å². The Morgan fingerprint density at radius 3 is 3.00 bits per heavy atom. The number of ether oxygens (including phenoxy) is 1. The van der Waals surface area contributed by atoms with Crippen LogP contribution >= 0.6 is 0 Å². The Balaban J connectivity index is 1.70. The second kappa shape index (κ2) is 4.38. The topological polar surface area (TPSA) is 52.0 Å². The molecule has 0 saturated carbocycles. The van der Waals surface area contributed by atoms with E-state index in [0.29, 0.717) is 24.2 Å². The first kappa shape index (κ1) is 11.2. The van der Waals surface area contributed by atoms with Gasteiger partial charge in [0.25, 0.3) is 0 Å². The van der Waals surface area contributed by atoms with E-state index in [2.05, 4.69) is 15.4 Å². The van der Waals surface area contributed by atoms with Crippen LogP contribution in [0.25, 0.3) is 0 Å². The smallest absolute Gasteiger partial charge is 0.138 e. The van der Waals surface area contributed by atoms with E-state index < -0.39 is 0 Å². The summed E-state index contributed by atoms with van der Waals surface area (Å²) in [7, 11) is 3.99. The average molecular weight is 236 g/mol. The van der Waals surface area contributed by atoms with E-state index in [-0.39, 0.29) is 0 Å². The number of hydrogen-bond donors (Lipinski definition) is 1. The van der Waals surface area contributed by atoms with Gasteiger partial charge in [0.05, 0.1) is 12.2 Å². The lowest BCUT2D eigenvalue weighted by Gasteiger charge is -2.27. The quantitative estimate of drug-likeness (QED) is 0.828. The summed E-state index contributed by atoms with van der Waals surface area (Å²) in [4.78, 5) is 4.31. The van der Waals surface area contributed by atoms with Crippen molar-refractivity contribution in [1.29, 1.82) is 0 Å². The summed E-state index contributed by atoms with van der Waals surface area (Å²) in [6.45, 7) is 0. The van der Waals surface area contributed by atoms with Crippen molar-refractivity contribution in [3.63, 3.8) is 0 Å². The van der Waals surface area contributed by atoms with Crippen LogP contribution in [0.5, 0.6) is 0 Å². The number of nitrogens with one attached hydrogen (secondary N) is 1. The van der Waals surface area contributed by atoms with Crippen molar-refractivity contribution >= 4 is 0 Å². The van der Waals surface area contributed by atoms with Gasteiger partial charge < -0.3 is 10.1 Å². The Hall–Kier alpha value is -0.940. The van der Waals surface area contributed by atoms with Crippen molar-refractivity contribution in [1.82, 2.24) is 20.1 Å². The zero-order chi connectivity index (χ0) is 11.8. The monoisotopic (exact) mass is 236 g/mol. The second-order valence-electron chi connectivity index (χ2n) is 5.17. The second-order valence-corrected chi connectivity index (χ2v) is 5.17. The Kier molecular flexibility index (Phi) is 2.88. The third-order valence-corrected chi connectivity index (χ3v) is 4.25. The van der Waals surface area contributed by atoms with E-state index in [1.807, 2.05) is 18.8 Å². The summed E-state index contributed by atoms with van der Waals surface area (Å²) in [6.07, 6.45) is 7.22. The summed E-state index contributed by atoms with van der Waals surface area (Å²) in [5.74, 6) is 1.68. The van der Waals surface area contributed by atoms with Gasteiger partial charge in [0, 0.05) is 25.4 Å². The van der Waals surface area contributed by atoms with Crippen LogP contribution in [0, 0.1) is 5.92 Å². The van der Waals surface area contributed by atoms with Gasteiger partial charge in [-0.3, -0.25) is 4.68 Å². The molecule has 5 heteroatoms. The third-order valence-electron chi connectivity index (χ3n) is 4.25. The highest BCUT2D eigenvalue weighted by Crippen LogP contribution is 2.40. The minimum absolute atomic E-state index is 0.452. The Morgan fingerprint density at radius 2 is 2.47 bits per heavy atom. The molecule has 0 spiro atoms. The molecule has 1 aromatic heterocycles. The molecule has 4 unspecified atom stereocenters. The number of aryl methyl sites for hydroxylation is 1. The van der Waals surface area contributed by atoms with E-state index in [0.717, 1.165) is 12.2 Å². The number of rotatable bonds is 4. The van der Waals surface area contributed by atoms with Crippen molar-refractivity contribution in [3.05, 3.63) is 12.2 Å². The van der Waals surface area contributed by atoms with Gasteiger partial charge in [0.15, 0.2) is 0 Å². The number of likely N-dealkylation sites (N-methyl/N-ethyl adjacent to an activating group) is 1. The molecule has 2 saturated heterocycles. The Bertz CT molecular complexity index is 392. The van der Waals surface area contributed by atoms with Crippen LogP contribution in [0.15, 0.2) is 6.33 Å². The van der Waals surface area contributed by atoms with Crippen LogP contribution in [0.4, 0.5) is 0 Å². The fourth-order valence-corrected chi connectivity index (χ4v) is 3.27. The molecule has 5 nitrogen and oxygen atoms in total. The lowest BCUT2D eigenvalue weighted by atomic mass is 9.82. The van der Waals surface area contributed by atoms with E-state index in [1.54, 1.807) is 6.33 Å². The van der Waals surface area contributed by atoms with Crippen LogP contribution in [0.1, 0.15) is 25.1 Å². The molecule has 3 rings (SSSR count). The van der Waals surface area contributed by atoms with Gasteiger partial charge >= 0.3 is 0 Å². The average Bonchev–Trinajstić information content (AvgIpc) is 3.02. The van der Waals surface area contributed by atoms with Gasteiger partial charge in [0.2, 0.25) is 0 Å². The number of aromatic nitrogens is 3. The lowest BCUT2D eigenvalue weighted by Crippen LogP contribution is -2.41. The molecule has 1 N–H and O–H groups in total. The molecular weight excluding hydrogens is 216 g/mol. The highest BCUT2D eigenvalue weighted by molar-refractivity contribution is 4.99. The fourth-order valence-electron chi connectivity index (χ4n) is 3.27. The SMILES string of the molecule is CNC(Cc1ncnn1C)C1CC2CCC1O2. The van der Waals surface area contributed by atoms with Gasteiger partial charge in [-0.2, -0.15) is 5.10 Å². The van der Waals surface area contributed by atoms with Crippen LogP contribution < -0.4 is 5.32 Å². The summed E-state index contributed by atoms with van der Waals surface area (Å²) in [6, 6.07) is 0.452. The minimum atomic E-state index is 0.452. The molecule has 2 fully saturated rings. The maximum atomic E-state index is 5.93. The van der Waals surface area contributed by atoms with Crippen LogP contribution in [-0.4, -0.2) is 40.1 Å². The molecule has 0 radical (unpaired) electrons. The molecule has 4 atom stereocenters. The van der Waals surface area contributed by atoms with Gasteiger partial charge in [-0.05, 0) is 26.3 Å². The normalized spacial score (nSPS) is 33.2. The van der Waals surface area contributed by atoms with Crippen LogP contribution in [-0.2, 0) is 18.2 Å². The Labute approximate surface area is 102 Å². The van der Waals surface area contributed by atoms with Crippen molar-refractivity contribution in [2.45, 2.75) is 43.9 Å². The van der Waals surface area contributed by atoms with Crippen molar-refractivity contribution < 1.29 is 4.74 Å². The van der Waals surface area contributed by atoms with Gasteiger partial charge in [-0.25, -0.2) is 4.98 Å². The first-order valence-electron chi connectivity index (χ1n) is 6.43. The molecule has 2 bridgehead atoms. The van der Waals surface area contributed by atoms with Gasteiger partial charge in [0.1, 0.15) is 12.2 Å². The number of hydrogen-bond acceptors (Lipinski definition) is 4. The first-order valence-corrected chi connectivity index (χ1v) is 6.43. The highest BCUT2D eigenvalue weighted by Gasteiger charge is 2.44. The fraction of sp³-hybridized carbons (Fsp3) is 0.833. The summed E-state index contributed by atoms with van der Waals surface area (Å²) in [5.41, 5.74) is 0. The molecule has 0 aromatic carbocycles.